The van der Waals surface area contributed by atoms with E-state index >= 15 is 0 Å². The van der Waals surface area contributed by atoms with E-state index in [-0.39, 0.29) is 17.5 Å². The van der Waals surface area contributed by atoms with Gasteiger partial charge in [0.2, 0.25) is 5.91 Å². The summed E-state index contributed by atoms with van der Waals surface area (Å²) in [6.07, 6.45) is 2.92. The third-order valence-corrected chi connectivity index (χ3v) is 4.40. The molecular weight excluding hydrogens is 363 g/mol. The summed E-state index contributed by atoms with van der Waals surface area (Å²) in [4.78, 5) is 16.2. The lowest BCUT2D eigenvalue weighted by Gasteiger charge is -2.00. The van der Waals surface area contributed by atoms with E-state index in [1.54, 1.807) is 29.5 Å². The molecule has 7 heteroatoms. The van der Waals surface area contributed by atoms with Crippen LogP contribution in [0.15, 0.2) is 46.2 Å². The summed E-state index contributed by atoms with van der Waals surface area (Å²) in [6.45, 7) is 2.19. The van der Waals surface area contributed by atoms with Gasteiger partial charge in [-0.3, -0.25) is 4.79 Å². The van der Waals surface area contributed by atoms with Crippen molar-refractivity contribution in [3.63, 3.8) is 0 Å². The van der Waals surface area contributed by atoms with E-state index in [1.807, 2.05) is 18.4 Å². The van der Waals surface area contributed by atoms with Gasteiger partial charge in [-0.25, -0.2) is 9.37 Å². The van der Waals surface area contributed by atoms with Crippen LogP contribution in [-0.2, 0) is 11.3 Å². The van der Waals surface area contributed by atoms with Crippen LogP contribution in [-0.4, -0.2) is 10.9 Å². The van der Waals surface area contributed by atoms with Gasteiger partial charge >= 0.3 is 0 Å². The second kappa shape index (κ2) is 7.63. The Morgan fingerprint density at radius 2 is 2.24 bits per heavy atom. The summed E-state index contributed by atoms with van der Waals surface area (Å²) in [5.74, 6) is 0.521. The molecule has 0 saturated carbocycles. The number of nitrogens with zero attached hydrogens (tertiary/aromatic N) is 1. The Kier molecular flexibility index (Phi) is 5.31. The number of amides is 1. The topological polar surface area (TPSA) is 55.1 Å². The Morgan fingerprint density at radius 1 is 1.40 bits per heavy atom. The molecule has 2 aromatic heterocycles. The van der Waals surface area contributed by atoms with Gasteiger partial charge in [-0.15, -0.1) is 11.3 Å². The van der Waals surface area contributed by atoms with Crippen molar-refractivity contribution in [1.82, 2.24) is 10.3 Å². The van der Waals surface area contributed by atoms with Crippen molar-refractivity contribution in [3.8, 4) is 11.5 Å². The number of hydrogen-bond acceptors (Lipinski definition) is 4. The highest BCUT2D eigenvalue weighted by Gasteiger charge is 2.08. The van der Waals surface area contributed by atoms with Crippen LogP contribution >= 0.6 is 22.9 Å². The fourth-order valence-corrected chi connectivity index (χ4v) is 2.90. The summed E-state index contributed by atoms with van der Waals surface area (Å²) in [5.41, 5.74) is 1.42. The van der Waals surface area contributed by atoms with Gasteiger partial charge in [-0.05, 0) is 42.8 Å². The Labute approximate surface area is 153 Å². The number of hydrogen-bond donors (Lipinski definition) is 1. The third-order valence-electron chi connectivity index (χ3n) is 3.34. The Morgan fingerprint density at radius 3 is 2.96 bits per heavy atom. The van der Waals surface area contributed by atoms with E-state index in [9.17, 15) is 9.18 Å². The van der Waals surface area contributed by atoms with Gasteiger partial charge in [0.05, 0.1) is 16.6 Å². The normalized spacial score (nSPS) is 11.2. The highest BCUT2D eigenvalue weighted by molar-refractivity contribution is 7.09. The maximum atomic E-state index is 13.1. The first-order valence-corrected chi connectivity index (χ1v) is 8.69. The third kappa shape index (κ3) is 4.55. The van der Waals surface area contributed by atoms with E-state index in [1.165, 1.54) is 18.2 Å². The van der Waals surface area contributed by atoms with Crippen LogP contribution in [0.25, 0.3) is 17.5 Å². The van der Waals surface area contributed by atoms with Crippen molar-refractivity contribution in [2.75, 3.05) is 0 Å². The number of furan rings is 1. The van der Waals surface area contributed by atoms with Gasteiger partial charge in [0.1, 0.15) is 17.3 Å². The monoisotopic (exact) mass is 376 g/mol. The number of aromatic nitrogens is 1. The molecule has 4 nitrogen and oxygen atoms in total. The molecule has 0 aliphatic rings. The second-order valence-electron chi connectivity index (χ2n) is 5.24. The van der Waals surface area contributed by atoms with Crippen molar-refractivity contribution >= 4 is 34.9 Å². The maximum Gasteiger partial charge on any atom is 0.244 e. The quantitative estimate of drug-likeness (QED) is 0.648. The summed E-state index contributed by atoms with van der Waals surface area (Å²) < 4.78 is 18.8. The van der Waals surface area contributed by atoms with E-state index < -0.39 is 5.82 Å². The van der Waals surface area contributed by atoms with Crippen LogP contribution in [0.4, 0.5) is 4.39 Å². The number of aryl methyl sites for hydroxylation is 1. The molecule has 128 valence electrons. The van der Waals surface area contributed by atoms with Crippen LogP contribution in [0.3, 0.4) is 0 Å². The Bertz CT molecular complexity index is 933. The van der Waals surface area contributed by atoms with Crippen molar-refractivity contribution in [1.29, 1.82) is 0 Å². The van der Waals surface area contributed by atoms with Crippen LogP contribution in [0.1, 0.15) is 16.3 Å². The molecule has 0 unspecified atom stereocenters. The first-order chi connectivity index (χ1) is 12.0. The molecule has 3 rings (SSSR count). The maximum absolute atomic E-state index is 13.1. The number of carbonyl (C=O) groups is 1. The smallest absolute Gasteiger partial charge is 0.244 e. The first-order valence-electron chi connectivity index (χ1n) is 7.43. The summed E-state index contributed by atoms with van der Waals surface area (Å²) in [6, 6.07) is 7.87. The molecule has 0 bridgehead atoms. The highest BCUT2D eigenvalue weighted by Crippen LogP contribution is 2.23. The molecule has 0 radical (unpaired) electrons. The minimum atomic E-state index is -0.493. The molecule has 0 atom stereocenters. The van der Waals surface area contributed by atoms with Crippen LogP contribution in [0.5, 0.6) is 0 Å². The summed E-state index contributed by atoms with van der Waals surface area (Å²) in [7, 11) is 0. The van der Waals surface area contributed by atoms with Gasteiger partial charge in [-0.2, -0.15) is 0 Å². The molecule has 0 spiro atoms. The Hall–Kier alpha value is -2.44. The highest BCUT2D eigenvalue weighted by atomic mass is 35.5. The lowest BCUT2D eigenvalue weighted by atomic mass is 10.2. The molecule has 1 amide bonds. The molecule has 3 aromatic rings. The molecular formula is C18H14ClFN2O2S. The number of nitrogens with one attached hydrogen (secondary N) is 1. The molecule has 0 aliphatic carbocycles. The van der Waals surface area contributed by atoms with Crippen LogP contribution < -0.4 is 5.32 Å². The van der Waals surface area contributed by atoms with E-state index in [4.69, 9.17) is 16.0 Å². The average Bonchev–Trinajstić information content (AvgIpc) is 3.23. The lowest BCUT2D eigenvalue weighted by molar-refractivity contribution is -0.116. The summed E-state index contributed by atoms with van der Waals surface area (Å²) >= 11 is 7.25. The molecule has 25 heavy (non-hydrogen) atoms. The van der Waals surface area contributed by atoms with Gasteiger partial charge in [0.15, 0.2) is 5.76 Å². The van der Waals surface area contributed by atoms with E-state index in [0.717, 1.165) is 10.7 Å². The van der Waals surface area contributed by atoms with E-state index in [0.29, 0.717) is 17.1 Å². The first kappa shape index (κ1) is 17.4. The number of carbonyl (C=O) groups excluding carboxylic acids is 1. The minimum absolute atomic E-state index is 0.0166. The van der Waals surface area contributed by atoms with Crippen molar-refractivity contribution in [2.24, 2.45) is 0 Å². The fraction of sp³-hybridized carbons (Fsp3) is 0.111. The molecule has 0 fully saturated rings. The zero-order chi connectivity index (χ0) is 17.8. The second-order valence-corrected chi connectivity index (χ2v) is 6.71. The summed E-state index contributed by atoms with van der Waals surface area (Å²) in [5, 5.41) is 5.63. The van der Waals surface area contributed by atoms with Crippen LogP contribution in [0, 0.1) is 12.7 Å². The zero-order valence-electron chi connectivity index (χ0n) is 13.3. The lowest BCUT2D eigenvalue weighted by Crippen LogP contribution is -2.19. The largest absolute Gasteiger partial charge is 0.458 e. The van der Waals surface area contributed by atoms with Crippen molar-refractivity contribution in [3.05, 3.63) is 69.0 Å². The molecule has 0 saturated heterocycles. The molecule has 1 aromatic carbocycles. The molecule has 2 heterocycles. The zero-order valence-corrected chi connectivity index (χ0v) is 14.8. The number of thiazole rings is 1. The predicted molar refractivity (Wildman–Crippen MR) is 96.8 cm³/mol. The molecule has 0 aliphatic heterocycles. The van der Waals surface area contributed by atoms with Crippen molar-refractivity contribution < 1.29 is 13.6 Å². The van der Waals surface area contributed by atoms with Crippen LogP contribution in [0.2, 0.25) is 5.02 Å². The standard InChI is InChI=1S/C18H14ClFN2O2S/c1-11-22-16(10-25-11)17-6-4-13(24-17)9-21-18(23)7-3-12-2-5-15(20)14(19)8-12/h2-8,10H,9H2,1H3,(H,21,23)/b7-3+. The van der Waals surface area contributed by atoms with E-state index in [2.05, 4.69) is 10.3 Å². The number of halogens is 2. The number of rotatable bonds is 5. The van der Waals surface area contributed by atoms with Gasteiger partial charge in [0, 0.05) is 11.5 Å². The van der Waals surface area contributed by atoms with Crippen molar-refractivity contribution in [2.45, 2.75) is 13.5 Å². The minimum Gasteiger partial charge on any atom is -0.458 e. The average molecular weight is 377 g/mol. The SMILES string of the molecule is Cc1nc(-c2ccc(CNC(=O)/C=C/c3ccc(F)c(Cl)c3)o2)cs1. The predicted octanol–water partition coefficient (Wildman–Crippen LogP) is 4.83. The molecule has 1 N–H and O–H groups in total. The fourth-order valence-electron chi connectivity index (χ4n) is 2.11. The van der Waals surface area contributed by atoms with Gasteiger partial charge in [0.25, 0.3) is 0 Å². The van der Waals surface area contributed by atoms with Gasteiger partial charge < -0.3 is 9.73 Å². The number of benzene rings is 1. The Balaban J connectivity index is 1.56. The van der Waals surface area contributed by atoms with Gasteiger partial charge in [-0.1, -0.05) is 17.7 Å².